The van der Waals surface area contributed by atoms with Crippen molar-refractivity contribution in [2.24, 2.45) is 0 Å². The van der Waals surface area contributed by atoms with Gasteiger partial charge in [-0.2, -0.15) is 13.2 Å². The van der Waals surface area contributed by atoms with Gasteiger partial charge in [-0.05, 0) is 38.6 Å². The van der Waals surface area contributed by atoms with Crippen molar-refractivity contribution in [3.05, 3.63) is 35.4 Å². The summed E-state index contributed by atoms with van der Waals surface area (Å²) in [6.07, 6.45) is -4.66. The summed E-state index contributed by atoms with van der Waals surface area (Å²) in [7, 11) is 1.80. The molecule has 1 aromatic rings. The molecule has 0 radical (unpaired) electrons. The van der Waals surface area contributed by atoms with Crippen LogP contribution in [0.4, 0.5) is 13.2 Å². The molecule has 1 rings (SSSR count). The molecule has 112 valence electrons. The Hall–Kier alpha value is -1.56. The van der Waals surface area contributed by atoms with Gasteiger partial charge in [-0.3, -0.25) is 4.79 Å². The number of halogens is 3. The summed E-state index contributed by atoms with van der Waals surface area (Å²) in [6, 6.07) is 5.99. The highest BCUT2D eigenvalue weighted by Gasteiger charge is 2.30. The molecule has 0 saturated heterocycles. The average Bonchev–Trinajstić information content (AvgIpc) is 2.34. The fraction of sp³-hybridized carbons (Fsp3) is 0.500. The second-order valence-electron chi connectivity index (χ2n) is 4.70. The maximum atomic E-state index is 12.2. The van der Waals surface area contributed by atoms with Gasteiger partial charge in [0, 0.05) is 11.6 Å². The molecule has 0 aliphatic carbocycles. The molecule has 0 saturated carbocycles. The van der Waals surface area contributed by atoms with Gasteiger partial charge in [-0.15, -0.1) is 0 Å². The van der Waals surface area contributed by atoms with Gasteiger partial charge >= 0.3 is 6.18 Å². The summed E-state index contributed by atoms with van der Waals surface area (Å²) in [5.41, 5.74) is 1.25. The molecular weight excluding hydrogens is 269 g/mol. The minimum Gasteiger partial charge on any atom is -0.349 e. The van der Waals surface area contributed by atoms with Crippen molar-refractivity contribution in [2.75, 3.05) is 13.6 Å². The second kappa shape index (κ2) is 7.28. The van der Waals surface area contributed by atoms with Gasteiger partial charge in [0.15, 0.2) is 0 Å². The molecular formula is C14H19F3N2O. The molecule has 6 heteroatoms. The van der Waals surface area contributed by atoms with E-state index in [4.69, 9.17) is 0 Å². The van der Waals surface area contributed by atoms with E-state index in [1.165, 1.54) is 6.92 Å². The quantitative estimate of drug-likeness (QED) is 0.844. The van der Waals surface area contributed by atoms with Crippen molar-refractivity contribution < 1.29 is 18.0 Å². The van der Waals surface area contributed by atoms with E-state index in [2.05, 4.69) is 10.6 Å². The van der Waals surface area contributed by atoms with E-state index in [1.54, 1.807) is 31.3 Å². The third kappa shape index (κ3) is 5.61. The number of hydrogen-bond acceptors (Lipinski definition) is 2. The van der Waals surface area contributed by atoms with Crippen LogP contribution >= 0.6 is 0 Å². The standard InChI is InChI=1S/C14H19F3N2O/c1-10(9-14(15,16)17)19-13(20)12-6-4-3-5-11(12)7-8-18-2/h3-6,10,18H,7-9H2,1-2H3,(H,19,20). The van der Waals surface area contributed by atoms with Crippen molar-refractivity contribution in [1.82, 2.24) is 10.6 Å². The third-order valence-corrected chi connectivity index (χ3v) is 2.82. The first-order valence-corrected chi connectivity index (χ1v) is 6.43. The van der Waals surface area contributed by atoms with Crippen molar-refractivity contribution in [3.63, 3.8) is 0 Å². The molecule has 0 spiro atoms. The van der Waals surface area contributed by atoms with E-state index >= 15 is 0 Å². The Kier molecular flexibility index (Phi) is 6.01. The van der Waals surface area contributed by atoms with E-state index in [-0.39, 0.29) is 0 Å². The van der Waals surface area contributed by atoms with Crippen LogP contribution in [0.3, 0.4) is 0 Å². The van der Waals surface area contributed by atoms with Crippen molar-refractivity contribution in [3.8, 4) is 0 Å². The van der Waals surface area contributed by atoms with Crippen LogP contribution in [0.2, 0.25) is 0 Å². The highest BCUT2D eigenvalue weighted by atomic mass is 19.4. The lowest BCUT2D eigenvalue weighted by Gasteiger charge is -2.17. The maximum absolute atomic E-state index is 12.2. The third-order valence-electron chi connectivity index (χ3n) is 2.82. The minimum absolute atomic E-state index is 0.428. The first-order valence-electron chi connectivity index (χ1n) is 6.43. The van der Waals surface area contributed by atoms with Gasteiger partial charge in [0.1, 0.15) is 0 Å². The number of alkyl halides is 3. The Bertz CT molecular complexity index is 446. The number of carbonyl (C=O) groups is 1. The van der Waals surface area contributed by atoms with E-state index in [9.17, 15) is 18.0 Å². The van der Waals surface area contributed by atoms with Crippen molar-refractivity contribution in [2.45, 2.75) is 32.0 Å². The largest absolute Gasteiger partial charge is 0.391 e. The number of carbonyl (C=O) groups excluding carboxylic acids is 1. The first-order chi connectivity index (χ1) is 9.33. The Balaban J connectivity index is 2.72. The molecule has 0 aromatic heterocycles. The van der Waals surface area contributed by atoms with Crippen molar-refractivity contribution >= 4 is 5.91 Å². The molecule has 0 aliphatic heterocycles. The number of rotatable bonds is 6. The predicted molar refractivity (Wildman–Crippen MR) is 71.7 cm³/mol. The molecule has 0 fully saturated rings. The smallest absolute Gasteiger partial charge is 0.349 e. The van der Waals surface area contributed by atoms with E-state index in [0.29, 0.717) is 18.5 Å². The zero-order valence-electron chi connectivity index (χ0n) is 11.6. The number of benzene rings is 1. The lowest BCUT2D eigenvalue weighted by molar-refractivity contribution is -0.138. The Morgan fingerprint density at radius 3 is 2.55 bits per heavy atom. The summed E-state index contributed by atoms with van der Waals surface area (Å²) in [5.74, 6) is -0.464. The Labute approximate surface area is 116 Å². The minimum atomic E-state index is -4.28. The van der Waals surface area contributed by atoms with Crippen LogP contribution in [-0.2, 0) is 6.42 Å². The predicted octanol–water partition coefficient (Wildman–Crippen LogP) is 2.52. The SMILES string of the molecule is CNCCc1ccccc1C(=O)NC(C)CC(F)(F)F. The molecule has 1 unspecified atom stereocenters. The fourth-order valence-corrected chi connectivity index (χ4v) is 1.92. The van der Waals surface area contributed by atoms with Gasteiger partial charge in [0.05, 0.1) is 6.42 Å². The van der Waals surface area contributed by atoms with Crippen LogP contribution in [-0.4, -0.2) is 31.7 Å². The van der Waals surface area contributed by atoms with Gasteiger partial charge < -0.3 is 10.6 Å². The van der Waals surface area contributed by atoms with E-state index < -0.39 is 24.5 Å². The molecule has 0 bridgehead atoms. The van der Waals surface area contributed by atoms with Crippen LogP contribution in [0.5, 0.6) is 0 Å². The number of nitrogens with one attached hydrogen (secondary N) is 2. The topological polar surface area (TPSA) is 41.1 Å². The van der Waals surface area contributed by atoms with Gasteiger partial charge in [-0.1, -0.05) is 18.2 Å². The summed E-state index contributed by atoms with van der Waals surface area (Å²) < 4.78 is 36.7. The van der Waals surface area contributed by atoms with Crippen LogP contribution < -0.4 is 10.6 Å². The van der Waals surface area contributed by atoms with Crippen LogP contribution in [0.1, 0.15) is 29.3 Å². The number of amides is 1. The normalized spacial score (nSPS) is 13.1. The fourth-order valence-electron chi connectivity index (χ4n) is 1.92. The highest BCUT2D eigenvalue weighted by Crippen LogP contribution is 2.21. The van der Waals surface area contributed by atoms with Crippen LogP contribution in [0.25, 0.3) is 0 Å². The number of hydrogen-bond donors (Lipinski definition) is 2. The van der Waals surface area contributed by atoms with E-state index in [1.807, 2.05) is 0 Å². The maximum Gasteiger partial charge on any atom is 0.391 e. The molecule has 0 aliphatic rings. The molecule has 0 heterocycles. The Morgan fingerprint density at radius 1 is 1.30 bits per heavy atom. The van der Waals surface area contributed by atoms with E-state index in [0.717, 1.165) is 5.56 Å². The zero-order chi connectivity index (χ0) is 15.2. The first kappa shape index (κ1) is 16.5. The zero-order valence-corrected chi connectivity index (χ0v) is 11.6. The molecule has 2 N–H and O–H groups in total. The van der Waals surface area contributed by atoms with Crippen LogP contribution in [0, 0.1) is 0 Å². The highest BCUT2D eigenvalue weighted by molar-refractivity contribution is 5.95. The lowest BCUT2D eigenvalue weighted by Crippen LogP contribution is -2.36. The lowest BCUT2D eigenvalue weighted by atomic mass is 10.0. The molecule has 20 heavy (non-hydrogen) atoms. The number of likely N-dealkylation sites (N-methyl/N-ethyl adjacent to an activating group) is 1. The monoisotopic (exact) mass is 288 g/mol. The summed E-state index contributed by atoms with van der Waals surface area (Å²) in [6.45, 7) is 2.05. The Morgan fingerprint density at radius 2 is 1.95 bits per heavy atom. The van der Waals surface area contributed by atoms with Crippen molar-refractivity contribution in [1.29, 1.82) is 0 Å². The van der Waals surface area contributed by atoms with Crippen LogP contribution in [0.15, 0.2) is 24.3 Å². The molecule has 1 atom stereocenters. The summed E-state index contributed by atoms with van der Waals surface area (Å²) in [5, 5.41) is 5.36. The van der Waals surface area contributed by atoms with Gasteiger partial charge in [-0.25, -0.2) is 0 Å². The second-order valence-corrected chi connectivity index (χ2v) is 4.70. The molecule has 1 amide bonds. The van der Waals surface area contributed by atoms with Gasteiger partial charge in [0.2, 0.25) is 0 Å². The molecule has 1 aromatic carbocycles. The van der Waals surface area contributed by atoms with Gasteiger partial charge in [0.25, 0.3) is 5.91 Å². The summed E-state index contributed by atoms with van der Waals surface area (Å²) >= 11 is 0. The summed E-state index contributed by atoms with van der Waals surface area (Å²) in [4.78, 5) is 12.0. The average molecular weight is 288 g/mol. The molecule has 3 nitrogen and oxygen atoms in total.